The Morgan fingerprint density at radius 3 is 2.24 bits per heavy atom. The first-order valence-corrected chi connectivity index (χ1v) is 7.22. The number of nitrogens with zero attached hydrogens (tertiary/aromatic N) is 2. The van der Waals surface area contributed by atoms with E-state index in [1.807, 2.05) is 12.1 Å². The van der Waals surface area contributed by atoms with E-state index in [0.717, 1.165) is 17.8 Å². The van der Waals surface area contributed by atoms with E-state index >= 15 is 0 Å². The highest BCUT2D eigenvalue weighted by atomic mass is 35.5. The van der Waals surface area contributed by atoms with Gasteiger partial charge in [-0.05, 0) is 37.0 Å². The molecule has 0 amide bonds. The van der Waals surface area contributed by atoms with Gasteiger partial charge < -0.3 is 0 Å². The van der Waals surface area contributed by atoms with Crippen LogP contribution in [0.3, 0.4) is 0 Å². The Labute approximate surface area is 131 Å². The molecule has 0 N–H and O–H groups in total. The molecule has 2 aromatic carbocycles. The van der Waals surface area contributed by atoms with E-state index in [0.29, 0.717) is 5.92 Å². The van der Waals surface area contributed by atoms with Crippen LogP contribution in [0.1, 0.15) is 24.8 Å². The quantitative estimate of drug-likeness (QED) is 0.698. The van der Waals surface area contributed by atoms with E-state index in [-0.39, 0.29) is 12.4 Å². The predicted molar refractivity (Wildman–Crippen MR) is 90.8 cm³/mol. The number of para-hydroxylation sites is 2. The van der Waals surface area contributed by atoms with Crippen LogP contribution in [-0.4, -0.2) is 11.4 Å². The molecule has 1 aliphatic carbocycles. The molecule has 0 saturated heterocycles. The fourth-order valence-corrected chi connectivity index (χ4v) is 3.15. The number of halogens is 1. The summed E-state index contributed by atoms with van der Waals surface area (Å²) in [6.07, 6.45) is 3.49. The van der Waals surface area contributed by atoms with Crippen LogP contribution in [0.5, 0.6) is 0 Å². The van der Waals surface area contributed by atoms with Crippen LogP contribution in [0.4, 0.5) is 11.4 Å². The number of fused-ring (bicyclic) bond motifs is 2. The van der Waals surface area contributed by atoms with Crippen molar-refractivity contribution in [3.63, 3.8) is 0 Å². The van der Waals surface area contributed by atoms with Crippen LogP contribution in [0.2, 0.25) is 0 Å². The molecule has 21 heavy (non-hydrogen) atoms. The molecule has 1 fully saturated rings. The first-order chi connectivity index (χ1) is 9.92. The summed E-state index contributed by atoms with van der Waals surface area (Å²) in [5.74, 6) is 0.393. The Balaban J connectivity index is 0.00000132. The van der Waals surface area contributed by atoms with Crippen molar-refractivity contribution in [3.05, 3.63) is 60.2 Å². The SMILES string of the molecule is Cl.c1ccc(C2=Nc3ccccc3N=C3CCCC32)cc1. The van der Waals surface area contributed by atoms with Gasteiger partial charge in [0.15, 0.2) is 0 Å². The van der Waals surface area contributed by atoms with E-state index in [4.69, 9.17) is 9.98 Å². The second kappa shape index (κ2) is 5.82. The molecule has 3 heteroatoms. The monoisotopic (exact) mass is 296 g/mol. The lowest BCUT2D eigenvalue weighted by molar-refractivity contribution is 0.814. The average Bonchev–Trinajstić information content (AvgIpc) is 2.89. The van der Waals surface area contributed by atoms with Crippen molar-refractivity contribution in [1.29, 1.82) is 0 Å². The summed E-state index contributed by atoms with van der Waals surface area (Å²) in [5, 5.41) is 0. The lowest BCUT2D eigenvalue weighted by atomic mass is 9.94. The molecule has 0 aromatic heterocycles. The number of hydrogen-bond acceptors (Lipinski definition) is 2. The molecular weight excluding hydrogens is 280 g/mol. The van der Waals surface area contributed by atoms with Gasteiger partial charge in [0.2, 0.25) is 0 Å². The van der Waals surface area contributed by atoms with Gasteiger partial charge in [-0.25, -0.2) is 4.99 Å². The minimum absolute atomic E-state index is 0. The zero-order chi connectivity index (χ0) is 13.4. The van der Waals surface area contributed by atoms with Crippen molar-refractivity contribution in [2.75, 3.05) is 0 Å². The molecule has 2 aromatic rings. The van der Waals surface area contributed by atoms with Crippen LogP contribution in [-0.2, 0) is 0 Å². The number of aliphatic imine (C=N–C) groups is 2. The largest absolute Gasteiger partial charge is 0.255 e. The van der Waals surface area contributed by atoms with E-state index in [9.17, 15) is 0 Å². The normalized spacial score (nSPS) is 19.5. The summed E-state index contributed by atoms with van der Waals surface area (Å²) in [5.41, 5.74) is 5.72. The Hall–Kier alpha value is -1.93. The summed E-state index contributed by atoms with van der Waals surface area (Å²) in [6.45, 7) is 0. The van der Waals surface area contributed by atoms with Crippen LogP contribution >= 0.6 is 12.4 Å². The van der Waals surface area contributed by atoms with E-state index < -0.39 is 0 Å². The zero-order valence-electron chi connectivity index (χ0n) is 11.7. The van der Waals surface area contributed by atoms with Crippen LogP contribution in [0, 0.1) is 5.92 Å². The van der Waals surface area contributed by atoms with Crippen LogP contribution in [0.15, 0.2) is 64.6 Å². The summed E-state index contributed by atoms with van der Waals surface area (Å²) < 4.78 is 0. The average molecular weight is 297 g/mol. The molecule has 2 aliphatic rings. The molecule has 0 radical (unpaired) electrons. The number of rotatable bonds is 1. The van der Waals surface area contributed by atoms with Gasteiger partial charge in [-0.3, -0.25) is 4.99 Å². The predicted octanol–water partition coefficient (Wildman–Crippen LogP) is 5.12. The smallest absolute Gasteiger partial charge is 0.0889 e. The van der Waals surface area contributed by atoms with E-state index in [1.54, 1.807) is 0 Å². The third kappa shape index (κ3) is 2.52. The highest BCUT2D eigenvalue weighted by Gasteiger charge is 2.30. The molecule has 1 aliphatic heterocycles. The van der Waals surface area contributed by atoms with Gasteiger partial charge in [-0.1, -0.05) is 42.5 Å². The highest BCUT2D eigenvalue weighted by Crippen LogP contribution is 2.37. The van der Waals surface area contributed by atoms with Crippen LogP contribution in [0.25, 0.3) is 0 Å². The van der Waals surface area contributed by atoms with Gasteiger partial charge in [0.1, 0.15) is 0 Å². The minimum atomic E-state index is 0. The maximum atomic E-state index is 4.95. The van der Waals surface area contributed by atoms with Crippen molar-refractivity contribution >= 4 is 35.2 Å². The molecule has 2 nitrogen and oxygen atoms in total. The molecule has 1 heterocycles. The second-order valence-corrected chi connectivity index (χ2v) is 5.40. The standard InChI is InChI=1S/C18H16N2.ClH/c1-2-7-13(8-3-1)18-14-9-6-12-15(14)19-16-10-4-5-11-17(16)20-18;/h1-5,7-8,10-11,14H,6,9,12H2;1H. The molecule has 106 valence electrons. The molecule has 1 saturated carbocycles. The Kier molecular flexibility index (Phi) is 3.89. The zero-order valence-corrected chi connectivity index (χ0v) is 12.5. The van der Waals surface area contributed by atoms with Gasteiger partial charge in [-0.2, -0.15) is 0 Å². The fraction of sp³-hybridized carbons (Fsp3) is 0.222. The Bertz CT molecular complexity index is 704. The van der Waals surface area contributed by atoms with Gasteiger partial charge >= 0.3 is 0 Å². The fourth-order valence-electron chi connectivity index (χ4n) is 3.15. The Morgan fingerprint density at radius 1 is 0.810 bits per heavy atom. The van der Waals surface area contributed by atoms with Crippen LogP contribution < -0.4 is 0 Å². The molecule has 0 bridgehead atoms. The minimum Gasteiger partial charge on any atom is -0.255 e. The molecule has 1 unspecified atom stereocenters. The number of benzene rings is 2. The van der Waals surface area contributed by atoms with Crippen molar-refractivity contribution in [2.45, 2.75) is 19.3 Å². The van der Waals surface area contributed by atoms with Gasteiger partial charge in [0, 0.05) is 11.6 Å². The maximum absolute atomic E-state index is 4.95. The number of hydrogen-bond donors (Lipinski definition) is 0. The first kappa shape index (κ1) is 14.0. The summed E-state index contributed by atoms with van der Waals surface area (Å²) in [6, 6.07) is 18.7. The van der Waals surface area contributed by atoms with Crippen molar-refractivity contribution in [3.8, 4) is 0 Å². The summed E-state index contributed by atoms with van der Waals surface area (Å²) in [7, 11) is 0. The highest BCUT2D eigenvalue weighted by molar-refractivity contribution is 6.18. The van der Waals surface area contributed by atoms with Crippen molar-refractivity contribution in [2.24, 2.45) is 15.9 Å². The Morgan fingerprint density at radius 2 is 1.48 bits per heavy atom. The third-order valence-corrected chi connectivity index (χ3v) is 4.11. The lowest BCUT2D eigenvalue weighted by Crippen LogP contribution is -2.19. The van der Waals surface area contributed by atoms with Crippen molar-refractivity contribution < 1.29 is 0 Å². The van der Waals surface area contributed by atoms with Gasteiger partial charge in [-0.15, -0.1) is 12.4 Å². The second-order valence-electron chi connectivity index (χ2n) is 5.40. The van der Waals surface area contributed by atoms with Crippen molar-refractivity contribution in [1.82, 2.24) is 0 Å². The van der Waals surface area contributed by atoms with E-state index in [1.165, 1.54) is 29.8 Å². The van der Waals surface area contributed by atoms with E-state index in [2.05, 4.69) is 42.5 Å². The molecule has 0 spiro atoms. The topological polar surface area (TPSA) is 24.7 Å². The van der Waals surface area contributed by atoms with Gasteiger partial charge in [0.25, 0.3) is 0 Å². The van der Waals surface area contributed by atoms with Gasteiger partial charge in [0.05, 0.1) is 17.1 Å². The molecule has 4 rings (SSSR count). The first-order valence-electron chi connectivity index (χ1n) is 7.22. The molecular formula is C18H17ClN2. The third-order valence-electron chi connectivity index (χ3n) is 4.11. The summed E-state index contributed by atoms with van der Waals surface area (Å²) >= 11 is 0. The maximum Gasteiger partial charge on any atom is 0.0889 e. The lowest BCUT2D eigenvalue weighted by Gasteiger charge is -2.13. The molecule has 1 atom stereocenters. The summed E-state index contributed by atoms with van der Waals surface area (Å²) in [4.78, 5) is 9.83.